The molecule has 0 aromatic carbocycles. The molecule has 82 valence electrons. The van der Waals surface area contributed by atoms with Crippen LogP contribution in [-0.4, -0.2) is 5.91 Å². The van der Waals surface area contributed by atoms with Crippen molar-refractivity contribution in [3.63, 3.8) is 0 Å². The lowest BCUT2D eigenvalue weighted by Crippen LogP contribution is -2.31. The van der Waals surface area contributed by atoms with Crippen LogP contribution >= 0.6 is 0 Å². The molecular formula is C12H23NO. The van der Waals surface area contributed by atoms with E-state index in [2.05, 4.69) is 20.8 Å². The molecule has 2 heteroatoms. The van der Waals surface area contributed by atoms with E-state index in [-0.39, 0.29) is 5.91 Å². The number of hydrogen-bond donors (Lipinski definition) is 1. The molecule has 0 spiro atoms. The van der Waals surface area contributed by atoms with Gasteiger partial charge in [-0.1, -0.05) is 27.2 Å². The molecule has 1 fully saturated rings. The second-order valence-corrected chi connectivity index (χ2v) is 5.26. The van der Waals surface area contributed by atoms with Crippen molar-refractivity contribution in [1.29, 1.82) is 0 Å². The largest absolute Gasteiger partial charge is 0.370 e. The summed E-state index contributed by atoms with van der Waals surface area (Å²) in [6, 6.07) is 0. The van der Waals surface area contributed by atoms with Gasteiger partial charge in [0.15, 0.2) is 0 Å². The van der Waals surface area contributed by atoms with Crippen LogP contribution < -0.4 is 5.73 Å². The number of nitrogens with two attached hydrogens (primary N) is 1. The summed E-state index contributed by atoms with van der Waals surface area (Å²) in [5.41, 5.74) is 5.29. The number of carbonyl (C=O) groups is 1. The van der Waals surface area contributed by atoms with E-state index >= 15 is 0 Å². The third-order valence-electron chi connectivity index (χ3n) is 3.62. The molecule has 0 bridgehead atoms. The van der Waals surface area contributed by atoms with Crippen molar-refractivity contribution in [2.24, 2.45) is 29.4 Å². The molecule has 0 aromatic rings. The molecular weight excluding hydrogens is 174 g/mol. The zero-order chi connectivity index (χ0) is 10.7. The highest BCUT2D eigenvalue weighted by molar-refractivity contribution is 5.74. The van der Waals surface area contributed by atoms with Crippen molar-refractivity contribution in [3.8, 4) is 0 Å². The summed E-state index contributed by atoms with van der Waals surface area (Å²) in [5, 5.41) is 0. The Hall–Kier alpha value is -0.530. The summed E-state index contributed by atoms with van der Waals surface area (Å²) < 4.78 is 0. The van der Waals surface area contributed by atoms with Crippen molar-refractivity contribution in [2.75, 3.05) is 0 Å². The van der Waals surface area contributed by atoms with E-state index in [4.69, 9.17) is 5.73 Å². The molecule has 1 aliphatic rings. The Morgan fingerprint density at radius 3 is 2.57 bits per heavy atom. The smallest absolute Gasteiger partial charge is 0.217 e. The fraction of sp³-hybridized carbons (Fsp3) is 0.917. The highest BCUT2D eigenvalue weighted by Crippen LogP contribution is 2.39. The van der Waals surface area contributed by atoms with Gasteiger partial charge >= 0.3 is 0 Å². The van der Waals surface area contributed by atoms with Crippen molar-refractivity contribution in [1.82, 2.24) is 0 Å². The maximum Gasteiger partial charge on any atom is 0.217 e. The third-order valence-corrected chi connectivity index (χ3v) is 3.62. The fourth-order valence-electron chi connectivity index (χ4n) is 2.89. The van der Waals surface area contributed by atoms with E-state index < -0.39 is 0 Å². The molecule has 0 aromatic heterocycles. The Bertz CT molecular complexity index is 200. The molecule has 1 rings (SSSR count). The van der Waals surface area contributed by atoms with E-state index in [1.54, 1.807) is 0 Å². The first kappa shape index (κ1) is 11.5. The Labute approximate surface area is 87.2 Å². The molecule has 2 N–H and O–H groups in total. The van der Waals surface area contributed by atoms with Crippen LogP contribution in [-0.2, 0) is 4.79 Å². The van der Waals surface area contributed by atoms with Crippen molar-refractivity contribution in [3.05, 3.63) is 0 Å². The Morgan fingerprint density at radius 1 is 1.43 bits per heavy atom. The van der Waals surface area contributed by atoms with Crippen LogP contribution in [0.15, 0.2) is 0 Å². The number of rotatable bonds is 3. The topological polar surface area (TPSA) is 43.1 Å². The number of amides is 1. The molecule has 3 unspecified atom stereocenters. The molecule has 3 atom stereocenters. The third kappa shape index (κ3) is 3.00. The Kier molecular flexibility index (Phi) is 3.97. The summed E-state index contributed by atoms with van der Waals surface area (Å²) in [6.45, 7) is 6.80. The molecule has 2 nitrogen and oxygen atoms in total. The molecule has 0 saturated heterocycles. The summed E-state index contributed by atoms with van der Waals surface area (Å²) in [4.78, 5) is 11.0. The van der Waals surface area contributed by atoms with Crippen molar-refractivity contribution in [2.45, 2.75) is 46.5 Å². The van der Waals surface area contributed by atoms with Gasteiger partial charge in [-0.2, -0.15) is 0 Å². The van der Waals surface area contributed by atoms with Gasteiger partial charge in [-0.05, 0) is 36.5 Å². The van der Waals surface area contributed by atoms with E-state index in [1.807, 2.05) is 0 Å². The van der Waals surface area contributed by atoms with Crippen LogP contribution in [0.2, 0.25) is 0 Å². The van der Waals surface area contributed by atoms with E-state index in [0.29, 0.717) is 24.2 Å². The Balaban J connectivity index is 2.58. The van der Waals surface area contributed by atoms with Gasteiger partial charge in [-0.15, -0.1) is 0 Å². The number of hydrogen-bond acceptors (Lipinski definition) is 1. The normalized spacial score (nSPS) is 33.3. The van der Waals surface area contributed by atoms with Gasteiger partial charge in [0.25, 0.3) is 0 Å². The van der Waals surface area contributed by atoms with Gasteiger partial charge in [0.2, 0.25) is 5.91 Å². The molecule has 1 aliphatic carbocycles. The second-order valence-electron chi connectivity index (χ2n) is 5.26. The average molecular weight is 197 g/mol. The minimum Gasteiger partial charge on any atom is -0.370 e. The first-order valence-electron chi connectivity index (χ1n) is 5.79. The maximum atomic E-state index is 11.0. The van der Waals surface area contributed by atoms with Crippen LogP contribution in [0.5, 0.6) is 0 Å². The van der Waals surface area contributed by atoms with E-state index in [0.717, 1.165) is 5.92 Å². The summed E-state index contributed by atoms with van der Waals surface area (Å²) in [7, 11) is 0. The molecule has 1 amide bonds. The SMILES string of the molecule is CC1CCC(C(C)C)C(CC(N)=O)C1. The summed E-state index contributed by atoms with van der Waals surface area (Å²) in [5.74, 6) is 2.57. The first-order valence-corrected chi connectivity index (χ1v) is 5.79. The van der Waals surface area contributed by atoms with Crippen LogP contribution in [0.4, 0.5) is 0 Å². The summed E-state index contributed by atoms with van der Waals surface area (Å²) in [6.07, 6.45) is 4.37. The van der Waals surface area contributed by atoms with Crippen LogP contribution in [0.3, 0.4) is 0 Å². The lowest BCUT2D eigenvalue weighted by molar-refractivity contribution is -0.119. The van der Waals surface area contributed by atoms with Crippen LogP contribution in [0.1, 0.15) is 46.5 Å². The standard InChI is InChI=1S/C12H23NO/c1-8(2)11-5-4-9(3)6-10(11)7-12(13)14/h8-11H,4-7H2,1-3H3,(H2,13,14). The van der Waals surface area contributed by atoms with Gasteiger partial charge in [0.05, 0.1) is 0 Å². The summed E-state index contributed by atoms with van der Waals surface area (Å²) >= 11 is 0. The van der Waals surface area contributed by atoms with E-state index in [9.17, 15) is 4.79 Å². The molecule has 0 radical (unpaired) electrons. The zero-order valence-corrected chi connectivity index (χ0v) is 9.62. The van der Waals surface area contributed by atoms with Gasteiger partial charge in [-0.3, -0.25) is 4.79 Å². The van der Waals surface area contributed by atoms with Gasteiger partial charge in [0, 0.05) is 6.42 Å². The lowest BCUT2D eigenvalue weighted by Gasteiger charge is -2.36. The monoisotopic (exact) mass is 197 g/mol. The predicted octanol–water partition coefficient (Wildman–Crippen LogP) is 2.57. The van der Waals surface area contributed by atoms with Crippen molar-refractivity contribution < 1.29 is 4.79 Å². The van der Waals surface area contributed by atoms with Crippen LogP contribution in [0, 0.1) is 23.7 Å². The van der Waals surface area contributed by atoms with Crippen LogP contribution in [0.25, 0.3) is 0 Å². The highest BCUT2D eigenvalue weighted by atomic mass is 16.1. The minimum atomic E-state index is -0.130. The Morgan fingerprint density at radius 2 is 2.07 bits per heavy atom. The molecule has 14 heavy (non-hydrogen) atoms. The number of primary amides is 1. The predicted molar refractivity (Wildman–Crippen MR) is 58.6 cm³/mol. The molecule has 0 heterocycles. The lowest BCUT2D eigenvalue weighted by atomic mass is 9.69. The molecule has 0 aliphatic heterocycles. The maximum absolute atomic E-state index is 11.0. The first-order chi connectivity index (χ1) is 6.50. The minimum absolute atomic E-state index is 0.130. The van der Waals surface area contributed by atoms with Gasteiger partial charge in [-0.25, -0.2) is 0 Å². The molecule has 1 saturated carbocycles. The number of carbonyl (C=O) groups excluding carboxylic acids is 1. The van der Waals surface area contributed by atoms with Crippen molar-refractivity contribution >= 4 is 5.91 Å². The van der Waals surface area contributed by atoms with E-state index in [1.165, 1.54) is 19.3 Å². The van der Waals surface area contributed by atoms with Gasteiger partial charge < -0.3 is 5.73 Å². The van der Waals surface area contributed by atoms with Gasteiger partial charge in [0.1, 0.15) is 0 Å². The quantitative estimate of drug-likeness (QED) is 0.742. The highest BCUT2D eigenvalue weighted by Gasteiger charge is 2.31. The average Bonchev–Trinajstić information content (AvgIpc) is 2.01. The fourth-order valence-corrected chi connectivity index (χ4v) is 2.89. The zero-order valence-electron chi connectivity index (χ0n) is 9.62. The second kappa shape index (κ2) is 4.81.